The highest BCUT2D eigenvalue weighted by Crippen LogP contribution is 2.25. The Bertz CT molecular complexity index is 579. The van der Waals surface area contributed by atoms with Crippen molar-refractivity contribution in [3.63, 3.8) is 0 Å². The third-order valence-electron chi connectivity index (χ3n) is 4.27. The first kappa shape index (κ1) is 16.6. The van der Waals surface area contributed by atoms with Crippen molar-refractivity contribution in [3.05, 3.63) is 41.5 Å². The van der Waals surface area contributed by atoms with E-state index in [9.17, 15) is 5.11 Å². The quantitative estimate of drug-likeness (QED) is 0.766. The van der Waals surface area contributed by atoms with E-state index in [1.54, 1.807) is 11.3 Å². The lowest BCUT2D eigenvalue weighted by Gasteiger charge is -2.29. The van der Waals surface area contributed by atoms with Gasteiger partial charge in [-0.05, 0) is 37.9 Å². The first-order valence-electron chi connectivity index (χ1n) is 8.42. The minimum absolute atomic E-state index is 0.0758. The average Bonchev–Trinajstić information content (AvgIpc) is 3.06. The van der Waals surface area contributed by atoms with Crippen molar-refractivity contribution in [2.45, 2.75) is 31.9 Å². The third-order valence-corrected chi connectivity index (χ3v) is 5.32. The second-order valence-corrected chi connectivity index (χ2v) is 7.20. The van der Waals surface area contributed by atoms with Gasteiger partial charge in [0.25, 0.3) is 0 Å². The van der Waals surface area contributed by atoms with Crippen LogP contribution in [0.4, 0.5) is 0 Å². The highest BCUT2D eigenvalue weighted by molar-refractivity contribution is 7.15. The van der Waals surface area contributed by atoms with Crippen LogP contribution in [0.3, 0.4) is 0 Å². The summed E-state index contributed by atoms with van der Waals surface area (Å²) in [4.78, 5) is 8.19. The maximum absolute atomic E-state index is 9.50. The van der Waals surface area contributed by atoms with E-state index in [0.29, 0.717) is 0 Å². The Morgan fingerprint density at radius 3 is 2.78 bits per heavy atom. The van der Waals surface area contributed by atoms with Gasteiger partial charge < -0.3 is 15.3 Å². The van der Waals surface area contributed by atoms with E-state index in [1.807, 2.05) is 12.3 Å². The molecule has 1 saturated heterocycles. The number of likely N-dealkylation sites (tertiary alicyclic amines) is 1. The zero-order valence-corrected chi connectivity index (χ0v) is 14.3. The lowest BCUT2D eigenvalue weighted by atomic mass is 10.1. The molecule has 23 heavy (non-hydrogen) atoms. The number of nitrogens with zero attached hydrogens (tertiary/aromatic N) is 2. The van der Waals surface area contributed by atoms with Crippen LogP contribution in [0.5, 0.6) is 0 Å². The van der Waals surface area contributed by atoms with Crippen LogP contribution < -0.4 is 5.32 Å². The molecule has 2 heterocycles. The predicted octanol–water partition coefficient (Wildman–Crippen LogP) is 2.75. The number of hydrogen-bond acceptors (Lipinski definition) is 5. The summed E-state index contributed by atoms with van der Waals surface area (Å²) in [6.07, 6.45) is 4.89. The van der Waals surface area contributed by atoms with Gasteiger partial charge in [0.15, 0.2) is 0 Å². The van der Waals surface area contributed by atoms with Crippen LogP contribution in [0.15, 0.2) is 36.5 Å². The lowest BCUT2D eigenvalue weighted by Crippen LogP contribution is -2.37. The van der Waals surface area contributed by atoms with Crippen molar-refractivity contribution < 1.29 is 5.11 Å². The van der Waals surface area contributed by atoms with Crippen LogP contribution in [-0.4, -0.2) is 47.3 Å². The van der Waals surface area contributed by atoms with Crippen LogP contribution in [-0.2, 0) is 6.54 Å². The summed E-state index contributed by atoms with van der Waals surface area (Å²) in [5, 5.41) is 14.1. The molecular formula is C18H25N3OS. The standard InChI is InChI=1S/C18H25N3OS/c22-16-7-11-21(12-8-16)10-4-9-19-14-18-20-13-17(23-18)15-5-2-1-3-6-15/h1-3,5-6,13,16,19,22H,4,7-12,14H2. The maximum atomic E-state index is 9.50. The zero-order chi connectivity index (χ0) is 15.9. The molecule has 1 aromatic heterocycles. The monoisotopic (exact) mass is 331 g/mol. The van der Waals surface area contributed by atoms with E-state index in [4.69, 9.17) is 0 Å². The minimum Gasteiger partial charge on any atom is -0.393 e. The van der Waals surface area contributed by atoms with Gasteiger partial charge >= 0.3 is 0 Å². The van der Waals surface area contributed by atoms with Crippen LogP contribution in [0.25, 0.3) is 10.4 Å². The van der Waals surface area contributed by atoms with E-state index in [1.165, 1.54) is 10.4 Å². The molecule has 1 aliphatic heterocycles. The smallest absolute Gasteiger partial charge is 0.107 e. The fourth-order valence-corrected chi connectivity index (χ4v) is 3.79. The van der Waals surface area contributed by atoms with Gasteiger partial charge in [0.2, 0.25) is 0 Å². The average molecular weight is 331 g/mol. The summed E-state index contributed by atoms with van der Waals surface area (Å²) in [7, 11) is 0. The normalized spacial score (nSPS) is 16.7. The number of rotatable bonds is 7. The number of piperidine rings is 1. The van der Waals surface area contributed by atoms with Gasteiger partial charge in [0.05, 0.1) is 11.0 Å². The van der Waals surface area contributed by atoms with Crippen LogP contribution in [0, 0.1) is 0 Å². The summed E-state index contributed by atoms with van der Waals surface area (Å²) >= 11 is 1.76. The summed E-state index contributed by atoms with van der Waals surface area (Å²) in [6.45, 7) is 5.05. The van der Waals surface area contributed by atoms with Crippen molar-refractivity contribution in [1.82, 2.24) is 15.2 Å². The second kappa shape index (κ2) is 8.55. The summed E-state index contributed by atoms with van der Waals surface area (Å²) < 4.78 is 0. The first-order chi connectivity index (χ1) is 11.3. The number of aliphatic hydroxyl groups excluding tert-OH is 1. The van der Waals surface area contributed by atoms with Crippen LogP contribution >= 0.6 is 11.3 Å². The molecule has 2 N–H and O–H groups in total. The van der Waals surface area contributed by atoms with E-state index < -0.39 is 0 Å². The molecule has 5 heteroatoms. The molecule has 0 bridgehead atoms. The Labute approximate surface area is 142 Å². The van der Waals surface area contributed by atoms with Crippen LogP contribution in [0.2, 0.25) is 0 Å². The molecule has 0 aliphatic carbocycles. The summed E-state index contributed by atoms with van der Waals surface area (Å²) in [6, 6.07) is 10.4. The Hall–Kier alpha value is -1.27. The van der Waals surface area contributed by atoms with Gasteiger partial charge in [0, 0.05) is 25.8 Å². The summed E-state index contributed by atoms with van der Waals surface area (Å²) in [5.74, 6) is 0. The van der Waals surface area contributed by atoms with E-state index >= 15 is 0 Å². The fourth-order valence-electron chi connectivity index (χ4n) is 2.89. The molecule has 124 valence electrons. The Morgan fingerprint density at radius 2 is 2.00 bits per heavy atom. The molecule has 0 amide bonds. The molecule has 0 unspecified atom stereocenters. The molecule has 0 saturated carbocycles. The van der Waals surface area contributed by atoms with Gasteiger partial charge in [0.1, 0.15) is 5.01 Å². The molecule has 1 aliphatic rings. The molecule has 1 fully saturated rings. The highest BCUT2D eigenvalue weighted by atomic mass is 32.1. The molecule has 4 nitrogen and oxygen atoms in total. The SMILES string of the molecule is OC1CCN(CCCNCc2ncc(-c3ccccc3)s2)CC1. The summed E-state index contributed by atoms with van der Waals surface area (Å²) in [5.41, 5.74) is 1.24. The molecule has 0 atom stereocenters. The molecule has 0 radical (unpaired) electrons. The van der Waals surface area contributed by atoms with E-state index in [2.05, 4.69) is 39.5 Å². The first-order valence-corrected chi connectivity index (χ1v) is 9.24. The predicted molar refractivity (Wildman–Crippen MR) is 95.6 cm³/mol. The fraction of sp³-hybridized carbons (Fsp3) is 0.500. The third kappa shape index (κ3) is 5.11. The molecule has 0 spiro atoms. The number of aromatic nitrogens is 1. The van der Waals surface area contributed by atoms with Gasteiger partial charge in [-0.15, -0.1) is 11.3 Å². The number of thiazole rings is 1. The maximum Gasteiger partial charge on any atom is 0.107 e. The number of nitrogens with one attached hydrogen (secondary N) is 1. The van der Waals surface area contributed by atoms with E-state index in [0.717, 1.165) is 57.0 Å². The zero-order valence-electron chi connectivity index (χ0n) is 13.4. The van der Waals surface area contributed by atoms with Gasteiger partial charge in [-0.25, -0.2) is 4.98 Å². The topological polar surface area (TPSA) is 48.4 Å². The Balaban J connectivity index is 1.34. The van der Waals surface area contributed by atoms with Crippen molar-refractivity contribution >= 4 is 11.3 Å². The van der Waals surface area contributed by atoms with Crippen LogP contribution in [0.1, 0.15) is 24.3 Å². The Kier molecular flexibility index (Phi) is 6.16. The van der Waals surface area contributed by atoms with Crippen molar-refractivity contribution in [3.8, 4) is 10.4 Å². The molecule has 3 rings (SSSR count). The minimum atomic E-state index is -0.0758. The second-order valence-electron chi connectivity index (χ2n) is 6.09. The van der Waals surface area contributed by atoms with E-state index in [-0.39, 0.29) is 6.10 Å². The van der Waals surface area contributed by atoms with Gasteiger partial charge in [-0.2, -0.15) is 0 Å². The molecule has 1 aromatic carbocycles. The van der Waals surface area contributed by atoms with Gasteiger partial charge in [-0.1, -0.05) is 30.3 Å². The largest absolute Gasteiger partial charge is 0.393 e. The Morgan fingerprint density at radius 1 is 1.22 bits per heavy atom. The molecular weight excluding hydrogens is 306 g/mol. The molecule has 2 aromatic rings. The van der Waals surface area contributed by atoms with Crippen molar-refractivity contribution in [1.29, 1.82) is 0 Å². The lowest BCUT2D eigenvalue weighted by molar-refractivity contribution is 0.0821. The number of benzene rings is 1. The van der Waals surface area contributed by atoms with Gasteiger partial charge in [-0.3, -0.25) is 0 Å². The highest BCUT2D eigenvalue weighted by Gasteiger charge is 2.15. The van der Waals surface area contributed by atoms with Crippen molar-refractivity contribution in [2.75, 3.05) is 26.2 Å². The number of aliphatic hydroxyl groups is 1. The number of hydrogen-bond donors (Lipinski definition) is 2. The van der Waals surface area contributed by atoms with Crippen molar-refractivity contribution in [2.24, 2.45) is 0 Å².